The molecule has 3 heteroatoms. The maximum absolute atomic E-state index is 3.44. The average molecular weight is 254 g/mol. The fourth-order valence-electron chi connectivity index (χ4n) is 1.04. The van der Waals surface area contributed by atoms with Gasteiger partial charge in [0.2, 0.25) is 0 Å². The minimum Gasteiger partial charge on any atom is -0.303 e. The van der Waals surface area contributed by atoms with Crippen LogP contribution in [-0.2, 0) is 0 Å². The molecule has 0 fully saturated rings. The van der Waals surface area contributed by atoms with Crippen molar-refractivity contribution in [3.8, 4) is 0 Å². The van der Waals surface area contributed by atoms with E-state index in [1.54, 1.807) is 0 Å². The molecule has 1 unspecified atom stereocenters. The molecule has 0 amide bonds. The maximum Gasteiger partial charge on any atom is 0.0154 e. The van der Waals surface area contributed by atoms with Crippen molar-refractivity contribution in [2.24, 2.45) is 0 Å². The lowest BCUT2D eigenvalue weighted by Gasteiger charge is -2.23. The van der Waals surface area contributed by atoms with Crippen LogP contribution in [0.15, 0.2) is 0 Å². The molecule has 1 atom stereocenters. The zero-order valence-corrected chi connectivity index (χ0v) is 10.7. The number of hydrogen-bond donors (Lipinski definition) is 0. The summed E-state index contributed by atoms with van der Waals surface area (Å²) in [6.07, 6.45) is 4.76. The highest BCUT2D eigenvalue weighted by atomic mass is 79.9. The second-order valence-electron chi connectivity index (χ2n) is 3.18. The topological polar surface area (TPSA) is 3.24 Å². The van der Waals surface area contributed by atoms with Gasteiger partial charge >= 0.3 is 0 Å². The van der Waals surface area contributed by atoms with Crippen molar-refractivity contribution in [1.82, 2.24) is 4.90 Å². The molecule has 0 aliphatic carbocycles. The van der Waals surface area contributed by atoms with Crippen molar-refractivity contribution < 1.29 is 0 Å². The minimum absolute atomic E-state index is 0.718. The Kier molecular flexibility index (Phi) is 8.94. The summed E-state index contributed by atoms with van der Waals surface area (Å²) in [4.78, 5) is 2.44. The molecule has 1 nitrogen and oxygen atoms in total. The molecule has 12 heavy (non-hydrogen) atoms. The van der Waals surface area contributed by atoms with Crippen molar-refractivity contribution in [2.75, 3.05) is 30.9 Å². The predicted octanol–water partition coefficient (Wildman–Crippen LogP) is 2.84. The summed E-state index contributed by atoms with van der Waals surface area (Å²) in [6, 6.07) is 0.718. The van der Waals surface area contributed by atoms with Gasteiger partial charge in [0.15, 0.2) is 0 Å². The third-order valence-corrected chi connectivity index (χ3v) is 3.43. The van der Waals surface area contributed by atoms with Crippen LogP contribution in [0.25, 0.3) is 0 Å². The van der Waals surface area contributed by atoms with Gasteiger partial charge in [0.1, 0.15) is 0 Å². The van der Waals surface area contributed by atoms with Crippen LogP contribution in [-0.4, -0.2) is 41.9 Å². The van der Waals surface area contributed by atoms with Crippen LogP contribution in [0.2, 0.25) is 0 Å². The van der Waals surface area contributed by atoms with Gasteiger partial charge in [0.05, 0.1) is 0 Å². The number of unbranched alkanes of at least 4 members (excludes halogenated alkanes) is 1. The van der Waals surface area contributed by atoms with Crippen molar-refractivity contribution in [3.63, 3.8) is 0 Å². The summed E-state index contributed by atoms with van der Waals surface area (Å²) in [5, 5.41) is 1.14. The van der Waals surface area contributed by atoms with Gasteiger partial charge < -0.3 is 4.90 Å². The third-order valence-electron chi connectivity index (χ3n) is 2.05. The fraction of sp³-hybridized carbons (Fsp3) is 1.00. The largest absolute Gasteiger partial charge is 0.303 e. The van der Waals surface area contributed by atoms with Gasteiger partial charge in [0, 0.05) is 17.1 Å². The number of rotatable bonds is 7. The van der Waals surface area contributed by atoms with Gasteiger partial charge in [-0.15, -0.1) is 0 Å². The van der Waals surface area contributed by atoms with Crippen molar-refractivity contribution in [2.45, 2.75) is 25.8 Å². The van der Waals surface area contributed by atoms with Crippen LogP contribution in [0.4, 0.5) is 0 Å². The van der Waals surface area contributed by atoms with Crippen LogP contribution in [0.1, 0.15) is 19.8 Å². The van der Waals surface area contributed by atoms with E-state index in [1.165, 1.54) is 25.1 Å². The Labute approximate surface area is 89.4 Å². The van der Waals surface area contributed by atoms with Gasteiger partial charge in [-0.1, -0.05) is 15.9 Å². The Morgan fingerprint density at radius 3 is 2.58 bits per heavy atom. The van der Waals surface area contributed by atoms with E-state index in [-0.39, 0.29) is 0 Å². The summed E-state index contributed by atoms with van der Waals surface area (Å²) < 4.78 is 0. The molecule has 0 aromatic heterocycles. The summed E-state index contributed by atoms with van der Waals surface area (Å²) >= 11 is 5.37. The Morgan fingerprint density at radius 2 is 2.08 bits per heavy atom. The number of hydrogen-bond acceptors (Lipinski definition) is 2. The molecule has 0 aliphatic rings. The van der Waals surface area contributed by atoms with Crippen molar-refractivity contribution in [1.29, 1.82) is 0 Å². The quantitative estimate of drug-likeness (QED) is 0.507. The normalized spacial score (nSPS) is 13.8. The molecule has 0 bridgehead atoms. The Morgan fingerprint density at radius 1 is 1.42 bits per heavy atom. The highest BCUT2D eigenvalue weighted by molar-refractivity contribution is 9.09. The minimum atomic E-state index is 0.718. The number of alkyl halides is 1. The molecule has 74 valence electrons. The first-order valence-electron chi connectivity index (χ1n) is 4.47. The van der Waals surface area contributed by atoms with Crippen LogP contribution in [0, 0.1) is 0 Å². The van der Waals surface area contributed by atoms with Gasteiger partial charge in [0.25, 0.3) is 0 Å². The Balaban J connectivity index is 3.35. The summed E-state index contributed by atoms with van der Waals surface area (Å²) in [6.45, 7) is 3.53. The number of halogens is 1. The molecule has 0 N–H and O–H groups in total. The Hall–Kier alpha value is 0.790. The lowest BCUT2D eigenvalue weighted by Crippen LogP contribution is -2.31. The van der Waals surface area contributed by atoms with E-state index in [0.717, 1.165) is 11.4 Å². The lowest BCUT2D eigenvalue weighted by molar-refractivity contribution is 0.274. The zero-order chi connectivity index (χ0) is 9.40. The molecular formula is C9H20BrNS. The van der Waals surface area contributed by atoms with E-state index < -0.39 is 0 Å². The maximum atomic E-state index is 3.44. The SMILES string of the molecule is CSCC(C)N(C)CCCCBr. The molecule has 0 saturated carbocycles. The Bertz CT molecular complexity index is 101. The van der Waals surface area contributed by atoms with Crippen LogP contribution < -0.4 is 0 Å². The van der Waals surface area contributed by atoms with Crippen LogP contribution >= 0.6 is 27.7 Å². The first-order valence-corrected chi connectivity index (χ1v) is 6.99. The summed E-state index contributed by atoms with van der Waals surface area (Å²) in [5.74, 6) is 1.24. The molecule has 0 aliphatic heterocycles. The summed E-state index contributed by atoms with van der Waals surface area (Å²) in [7, 11) is 2.22. The van der Waals surface area contributed by atoms with Crippen LogP contribution in [0.5, 0.6) is 0 Å². The smallest absolute Gasteiger partial charge is 0.0154 e. The molecule has 0 spiro atoms. The summed E-state index contributed by atoms with van der Waals surface area (Å²) in [5.41, 5.74) is 0. The van der Waals surface area contributed by atoms with Gasteiger partial charge in [-0.25, -0.2) is 0 Å². The number of thioether (sulfide) groups is 1. The fourth-order valence-corrected chi connectivity index (χ4v) is 2.18. The van der Waals surface area contributed by atoms with Crippen molar-refractivity contribution in [3.05, 3.63) is 0 Å². The molecule has 0 radical (unpaired) electrons. The van der Waals surface area contributed by atoms with Gasteiger partial charge in [-0.2, -0.15) is 11.8 Å². The third kappa shape index (κ3) is 6.32. The molecule has 0 rings (SSSR count). The van der Waals surface area contributed by atoms with E-state index >= 15 is 0 Å². The lowest BCUT2D eigenvalue weighted by atomic mass is 10.3. The van der Waals surface area contributed by atoms with Crippen LogP contribution in [0.3, 0.4) is 0 Å². The predicted molar refractivity (Wildman–Crippen MR) is 63.5 cm³/mol. The first kappa shape index (κ1) is 12.8. The van der Waals surface area contributed by atoms with Gasteiger partial charge in [-0.3, -0.25) is 0 Å². The molecule has 0 heterocycles. The monoisotopic (exact) mass is 253 g/mol. The van der Waals surface area contributed by atoms with Crippen molar-refractivity contribution >= 4 is 27.7 Å². The standard InChI is InChI=1S/C9H20BrNS/c1-9(8-12-3)11(2)7-5-4-6-10/h9H,4-8H2,1-3H3. The zero-order valence-electron chi connectivity index (χ0n) is 8.35. The van der Waals surface area contributed by atoms with E-state index in [0.29, 0.717) is 0 Å². The molecule has 0 saturated heterocycles. The van der Waals surface area contributed by atoms with E-state index in [9.17, 15) is 0 Å². The first-order chi connectivity index (χ1) is 5.72. The van der Waals surface area contributed by atoms with E-state index in [4.69, 9.17) is 0 Å². The molecule has 0 aromatic carbocycles. The highest BCUT2D eigenvalue weighted by Gasteiger charge is 2.06. The molecular weight excluding hydrogens is 234 g/mol. The highest BCUT2D eigenvalue weighted by Crippen LogP contribution is 2.05. The van der Waals surface area contributed by atoms with Gasteiger partial charge in [-0.05, 0) is 39.6 Å². The van der Waals surface area contributed by atoms with E-state index in [2.05, 4.69) is 41.1 Å². The second kappa shape index (κ2) is 8.39. The average Bonchev–Trinajstić information content (AvgIpc) is 2.05. The number of nitrogens with zero attached hydrogens (tertiary/aromatic N) is 1. The second-order valence-corrected chi connectivity index (χ2v) is 4.88. The van der Waals surface area contributed by atoms with E-state index in [1.807, 2.05) is 11.8 Å². The molecule has 0 aromatic rings.